The summed E-state index contributed by atoms with van der Waals surface area (Å²) in [4.78, 5) is 49.5. The Morgan fingerprint density at radius 2 is 1.80 bits per heavy atom. The number of hydrogen-bond donors (Lipinski definition) is 1. The zero-order valence-electron chi connectivity index (χ0n) is 19.2. The average Bonchev–Trinajstić information content (AvgIpc) is 3.36. The van der Waals surface area contributed by atoms with Crippen molar-refractivity contribution in [3.05, 3.63) is 86.0 Å². The van der Waals surface area contributed by atoms with Crippen LogP contribution in [0.3, 0.4) is 0 Å². The smallest absolute Gasteiger partial charge is 0.294 e. The molecule has 1 N–H and O–H groups in total. The SMILES string of the molecule is Cc1ccc(NC(=O)CN2C(=O)S/C(=C/c3ccc(-c4ccc(C)cc4[N+](=O)[O-])o3)C2=O)c(C)c1. The predicted octanol–water partition coefficient (Wildman–Crippen LogP) is 5.46. The van der Waals surface area contributed by atoms with Gasteiger partial charge in [-0.25, -0.2) is 0 Å². The maximum Gasteiger partial charge on any atom is 0.294 e. The van der Waals surface area contributed by atoms with Gasteiger partial charge in [0.15, 0.2) is 0 Å². The maximum atomic E-state index is 12.8. The molecule has 1 fully saturated rings. The highest BCUT2D eigenvalue weighted by atomic mass is 32.2. The molecule has 0 saturated carbocycles. The second kappa shape index (κ2) is 9.59. The summed E-state index contributed by atoms with van der Waals surface area (Å²) in [7, 11) is 0. The van der Waals surface area contributed by atoms with E-state index in [1.807, 2.05) is 26.0 Å². The first-order chi connectivity index (χ1) is 16.6. The van der Waals surface area contributed by atoms with E-state index in [1.165, 1.54) is 12.1 Å². The van der Waals surface area contributed by atoms with Gasteiger partial charge in [0.1, 0.15) is 18.1 Å². The summed E-state index contributed by atoms with van der Waals surface area (Å²) in [6.07, 6.45) is 1.39. The van der Waals surface area contributed by atoms with E-state index < -0.39 is 28.5 Å². The van der Waals surface area contributed by atoms with Crippen molar-refractivity contribution in [2.24, 2.45) is 0 Å². The molecule has 0 bridgehead atoms. The van der Waals surface area contributed by atoms with Crippen molar-refractivity contribution < 1.29 is 23.7 Å². The molecule has 9 nitrogen and oxygen atoms in total. The summed E-state index contributed by atoms with van der Waals surface area (Å²) in [5.74, 6) is -0.599. The number of imide groups is 1. The molecule has 0 spiro atoms. The highest BCUT2D eigenvalue weighted by molar-refractivity contribution is 8.18. The summed E-state index contributed by atoms with van der Waals surface area (Å²) in [6, 6.07) is 13.4. The minimum Gasteiger partial charge on any atom is -0.456 e. The number of benzene rings is 2. The van der Waals surface area contributed by atoms with Gasteiger partial charge < -0.3 is 9.73 Å². The molecule has 3 aromatic rings. The van der Waals surface area contributed by atoms with E-state index in [0.29, 0.717) is 23.0 Å². The first-order valence-corrected chi connectivity index (χ1v) is 11.4. The zero-order chi connectivity index (χ0) is 25.3. The van der Waals surface area contributed by atoms with Gasteiger partial charge in [-0.3, -0.25) is 29.4 Å². The van der Waals surface area contributed by atoms with E-state index in [-0.39, 0.29) is 22.1 Å². The van der Waals surface area contributed by atoms with Gasteiger partial charge in [0, 0.05) is 17.8 Å². The summed E-state index contributed by atoms with van der Waals surface area (Å²) in [5, 5.41) is 13.6. The van der Waals surface area contributed by atoms with E-state index in [9.17, 15) is 24.5 Å². The Balaban J connectivity index is 1.49. The molecule has 1 aliphatic heterocycles. The highest BCUT2D eigenvalue weighted by Gasteiger charge is 2.36. The van der Waals surface area contributed by atoms with Crippen molar-refractivity contribution in [2.45, 2.75) is 20.8 Å². The largest absolute Gasteiger partial charge is 0.456 e. The van der Waals surface area contributed by atoms with Crippen LogP contribution >= 0.6 is 11.8 Å². The molecule has 35 heavy (non-hydrogen) atoms. The van der Waals surface area contributed by atoms with Crippen molar-refractivity contribution in [1.82, 2.24) is 4.90 Å². The number of amides is 3. The second-order valence-corrected chi connectivity index (χ2v) is 9.11. The van der Waals surface area contributed by atoms with Crippen LogP contribution in [0.1, 0.15) is 22.5 Å². The number of carbonyl (C=O) groups is 3. The summed E-state index contributed by atoms with van der Waals surface area (Å²) >= 11 is 0.695. The number of nitrogens with one attached hydrogen (secondary N) is 1. The van der Waals surface area contributed by atoms with Crippen LogP contribution < -0.4 is 5.32 Å². The van der Waals surface area contributed by atoms with E-state index >= 15 is 0 Å². The molecule has 10 heteroatoms. The lowest BCUT2D eigenvalue weighted by atomic mass is 10.1. The Kier molecular flexibility index (Phi) is 6.57. The fourth-order valence-corrected chi connectivity index (χ4v) is 4.45. The third-order valence-electron chi connectivity index (χ3n) is 5.35. The first-order valence-electron chi connectivity index (χ1n) is 10.6. The molecular weight excluding hydrogens is 470 g/mol. The van der Waals surface area contributed by atoms with Crippen molar-refractivity contribution in [2.75, 3.05) is 11.9 Å². The molecule has 3 amide bonds. The lowest BCUT2D eigenvalue weighted by Crippen LogP contribution is -2.36. The lowest BCUT2D eigenvalue weighted by molar-refractivity contribution is -0.384. The minimum atomic E-state index is -0.616. The Morgan fingerprint density at radius 1 is 1.09 bits per heavy atom. The Morgan fingerprint density at radius 3 is 2.51 bits per heavy atom. The topological polar surface area (TPSA) is 123 Å². The number of aryl methyl sites for hydroxylation is 3. The van der Waals surface area contributed by atoms with Gasteiger partial charge in [-0.05, 0) is 67.9 Å². The average molecular weight is 492 g/mol. The number of hydrogen-bond acceptors (Lipinski definition) is 7. The van der Waals surface area contributed by atoms with Gasteiger partial charge in [-0.1, -0.05) is 23.8 Å². The number of furan rings is 1. The predicted molar refractivity (Wildman–Crippen MR) is 133 cm³/mol. The van der Waals surface area contributed by atoms with Crippen molar-refractivity contribution in [3.8, 4) is 11.3 Å². The van der Waals surface area contributed by atoms with Crippen molar-refractivity contribution >= 4 is 46.3 Å². The Labute approximate surface area is 204 Å². The fourth-order valence-electron chi connectivity index (χ4n) is 3.63. The molecule has 1 aromatic heterocycles. The van der Waals surface area contributed by atoms with Crippen LogP contribution in [-0.2, 0) is 9.59 Å². The quantitative estimate of drug-likeness (QED) is 0.276. The van der Waals surface area contributed by atoms with Crippen molar-refractivity contribution in [1.29, 1.82) is 0 Å². The van der Waals surface area contributed by atoms with Gasteiger partial charge in [0.25, 0.3) is 16.8 Å². The zero-order valence-corrected chi connectivity index (χ0v) is 20.0. The van der Waals surface area contributed by atoms with Crippen LogP contribution in [0.2, 0.25) is 0 Å². The van der Waals surface area contributed by atoms with Gasteiger partial charge in [0.05, 0.1) is 15.4 Å². The number of nitro benzene ring substituents is 1. The Bertz CT molecular complexity index is 1410. The van der Waals surface area contributed by atoms with Gasteiger partial charge in [0.2, 0.25) is 5.91 Å². The standard InChI is InChI=1S/C25H21N3O6S/c1-14-5-8-19(16(3)10-14)26-23(29)13-27-24(30)22(35-25(27)31)12-17-6-9-21(34-17)18-7-4-15(2)11-20(18)28(32)33/h4-12H,13H2,1-3H3,(H,26,29)/b22-12+. The third-order valence-corrected chi connectivity index (χ3v) is 6.25. The molecule has 2 aromatic carbocycles. The number of carbonyl (C=O) groups excluding carboxylic acids is 3. The van der Waals surface area contributed by atoms with Crippen LogP contribution in [-0.4, -0.2) is 33.4 Å². The summed E-state index contributed by atoms with van der Waals surface area (Å²) < 4.78 is 5.71. The van der Waals surface area contributed by atoms with Gasteiger partial charge in [-0.2, -0.15) is 0 Å². The van der Waals surface area contributed by atoms with E-state index in [1.54, 1.807) is 37.3 Å². The molecule has 178 valence electrons. The summed E-state index contributed by atoms with van der Waals surface area (Å²) in [5.41, 5.74) is 3.47. The first kappa shape index (κ1) is 24.0. The molecule has 4 rings (SSSR count). The molecule has 2 heterocycles. The highest BCUT2D eigenvalue weighted by Crippen LogP contribution is 2.35. The number of anilines is 1. The second-order valence-electron chi connectivity index (χ2n) is 8.11. The van der Waals surface area contributed by atoms with E-state index in [0.717, 1.165) is 21.6 Å². The van der Waals surface area contributed by atoms with E-state index in [4.69, 9.17) is 4.42 Å². The molecule has 0 radical (unpaired) electrons. The normalized spacial score (nSPS) is 14.6. The molecular formula is C25H21N3O6S. The van der Waals surface area contributed by atoms with Crippen LogP contribution in [0, 0.1) is 30.9 Å². The monoisotopic (exact) mass is 491 g/mol. The lowest BCUT2D eigenvalue weighted by Gasteiger charge is -2.13. The maximum absolute atomic E-state index is 12.8. The molecule has 0 aliphatic carbocycles. The van der Waals surface area contributed by atoms with Crippen LogP contribution in [0.15, 0.2) is 57.9 Å². The Hall–Kier alpha value is -4.18. The minimum absolute atomic E-state index is 0.0913. The number of thioether (sulfide) groups is 1. The van der Waals surface area contributed by atoms with Crippen LogP contribution in [0.5, 0.6) is 0 Å². The number of nitrogens with zero attached hydrogens (tertiary/aromatic N) is 2. The van der Waals surface area contributed by atoms with Gasteiger partial charge in [-0.15, -0.1) is 0 Å². The molecule has 1 saturated heterocycles. The molecule has 1 aliphatic rings. The third kappa shape index (κ3) is 5.17. The molecule has 0 unspecified atom stereocenters. The number of rotatable bonds is 6. The van der Waals surface area contributed by atoms with Gasteiger partial charge >= 0.3 is 0 Å². The summed E-state index contributed by atoms with van der Waals surface area (Å²) in [6.45, 7) is 5.13. The molecule has 0 atom stereocenters. The number of nitro groups is 1. The fraction of sp³-hybridized carbons (Fsp3) is 0.160. The van der Waals surface area contributed by atoms with E-state index in [2.05, 4.69) is 5.32 Å². The van der Waals surface area contributed by atoms with Crippen LogP contribution in [0.4, 0.5) is 16.2 Å². The van der Waals surface area contributed by atoms with Crippen LogP contribution in [0.25, 0.3) is 17.4 Å². The van der Waals surface area contributed by atoms with Crippen molar-refractivity contribution in [3.63, 3.8) is 0 Å².